The predicted octanol–water partition coefficient (Wildman–Crippen LogP) is 1.57. The van der Waals surface area contributed by atoms with E-state index in [4.69, 9.17) is 5.11 Å². The lowest BCUT2D eigenvalue weighted by Gasteiger charge is -2.04. The molecule has 1 heterocycles. The van der Waals surface area contributed by atoms with Crippen LogP contribution in [0.3, 0.4) is 0 Å². The Morgan fingerprint density at radius 2 is 2.07 bits per heavy atom. The molecular formula is C11H9NO3. The number of carboxylic acid groups (broad SMARTS) is 1. The van der Waals surface area contributed by atoms with Crippen molar-refractivity contribution in [3.05, 3.63) is 36.0 Å². The van der Waals surface area contributed by atoms with E-state index in [2.05, 4.69) is 4.98 Å². The number of rotatable bonds is 2. The van der Waals surface area contributed by atoms with Crippen LogP contribution in [0.4, 0.5) is 0 Å². The number of aromatic hydroxyl groups is 1. The Hall–Kier alpha value is -2.10. The Bertz CT molecular complexity index is 522. The Labute approximate surface area is 85.8 Å². The SMILES string of the molecule is O=C(O)Cc1cccc2c(O)nccc12. The number of aliphatic carboxylic acids is 1. The molecule has 1 aromatic heterocycles. The molecule has 2 aromatic rings. The smallest absolute Gasteiger partial charge is 0.307 e. The van der Waals surface area contributed by atoms with E-state index in [0.29, 0.717) is 10.9 Å². The number of hydrogen-bond acceptors (Lipinski definition) is 3. The standard InChI is InChI=1S/C11H9NO3/c13-10(14)6-7-2-1-3-9-8(7)4-5-12-11(9)15/h1-5H,6H2,(H,12,15)(H,13,14). The first kappa shape index (κ1) is 9.45. The summed E-state index contributed by atoms with van der Waals surface area (Å²) in [6, 6.07) is 6.86. The minimum atomic E-state index is -0.890. The van der Waals surface area contributed by atoms with Gasteiger partial charge in [-0.15, -0.1) is 0 Å². The lowest BCUT2D eigenvalue weighted by Crippen LogP contribution is -2.00. The molecule has 15 heavy (non-hydrogen) atoms. The molecular weight excluding hydrogens is 194 g/mol. The van der Waals surface area contributed by atoms with Crippen LogP contribution in [0.1, 0.15) is 5.56 Å². The van der Waals surface area contributed by atoms with E-state index in [1.54, 1.807) is 24.3 Å². The molecule has 0 atom stereocenters. The van der Waals surface area contributed by atoms with Gasteiger partial charge in [0.25, 0.3) is 0 Å². The largest absolute Gasteiger partial charge is 0.493 e. The summed E-state index contributed by atoms with van der Waals surface area (Å²) < 4.78 is 0. The zero-order chi connectivity index (χ0) is 10.8. The molecule has 0 amide bonds. The zero-order valence-electron chi connectivity index (χ0n) is 7.84. The second-order valence-corrected chi connectivity index (χ2v) is 3.22. The summed E-state index contributed by atoms with van der Waals surface area (Å²) >= 11 is 0. The second kappa shape index (κ2) is 3.57. The van der Waals surface area contributed by atoms with Crippen LogP contribution in [-0.2, 0) is 11.2 Å². The summed E-state index contributed by atoms with van der Waals surface area (Å²) in [4.78, 5) is 14.4. The van der Waals surface area contributed by atoms with Crippen LogP contribution in [0.15, 0.2) is 30.5 Å². The van der Waals surface area contributed by atoms with Crippen molar-refractivity contribution in [3.8, 4) is 5.88 Å². The molecule has 0 unspecified atom stereocenters. The first-order valence-electron chi connectivity index (χ1n) is 4.46. The summed E-state index contributed by atoms with van der Waals surface area (Å²) in [6.07, 6.45) is 1.41. The third-order valence-corrected chi connectivity index (χ3v) is 2.22. The van der Waals surface area contributed by atoms with Gasteiger partial charge in [-0.2, -0.15) is 0 Å². The van der Waals surface area contributed by atoms with Gasteiger partial charge >= 0.3 is 5.97 Å². The predicted molar refractivity (Wildman–Crippen MR) is 54.7 cm³/mol. The van der Waals surface area contributed by atoms with Crippen LogP contribution in [-0.4, -0.2) is 21.2 Å². The fraction of sp³-hybridized carbons (Fsp3) is 0.0909. The van der Waals surface area contributed by atoms with Crippen LogP contribution in [0.25, 0.3) is 10.8 Å². The number of carbonyl (C=O) groups is 1. The first-order valence-corrected chi connectivity index (χ1v) is 4.46. The van der Waals surface area contributed by atoms with Crippen molar-refractivity contribution in [2.75, 3.05) is 0 Å². The fourth-order valence-electron chi connectivity index (χ4n) is 1.57. The molecule has 4 nitrogen and oxygen atoms in total. The van der Waals surface area contributed by atoms with Crippen LogP contribution >= 0.6 is 0 Å². The molecule has 0 saturated carbocycles. The number of carboxylic acids is 1. The number of nitrogens with zero attached hydrogens (tertiary/aromatic N) is 1. The first-order chi connectivity index (χ1) is 7.18. The van der Waals surface area contributed by atoms with Gasteiger partial charge in [0.15, 0.2) is 0 Å². The maximum atomic E-state index is 10.6. The molecule has 0 aliphatic heterocycles. The van der Waals surface area contributed by atoms with Crippen LogP contribution in [0.5, 0.6) is 5.88 Å². The summed E-state index contributed by atoms with van der Waals surface area (Å²) in [5.74, 6) is -0.960. The molecule has 0 aliphatic rings. The summed E-state index contributed by atoms with van der Waals surface area (Å²) in [5, 5.41) is 19.5. The lowest BCUT2D eigenvalue weighted by atomic mass is 10.0. The van der Waals surface area contributed by atoms with Crippen LogP contribution in [0.2, 0.25) is 0 Å². The van der Waals surface area contributed by atoms with Crippen molar-refractivity contribution in [3.63, 3.8) is 0 Å². The number of fused-ring (bicyclic) bond motifs is 1. The molecule has 0 fully saturated rings. The third-order valence-electron chi connectivity index (χ3n) is 2.22. The molecule has 0 saturated heterocycles. The van der Waals surface area contributed by atoms with Gasteiger partial charge in [0, 0.05) is 11.6 Å². The van der Waals surface area contributed by atoms with E-state index in [-0.39, 0.29) is 12.3 Å². The lowest BCUT2D eigenvalue weighted by molar-refractivity contribution is -0.136. The minimum absolute atomic E-state index is 0.0548. The van der Waals surface area contributed by atoms with E-state index < -0.39 is 5.97 Å². The number of aromatic nitrogens is 1. The van der Waals surface area contributed by atoms with Crippen LogP contribution in [0, 0.1) is 0 Å². The summed E-state index contributed by atoms with van der Waals surface area (Å²) in [6.45, 7) is 0. The topological polar surface area (TPSA) is 70.4 Å². The van der Waals surface area contributed by atoms with E-state index in [1.165, 1.54) is 6.20 Å². The monoisotopic (exact) mass is 203 g/mol. The molecule has 4 heteroatoms. The van der Waals surface area contributed by atoms with Gasteiger partial charge in [0.05, 0.1) is 6.42 Å². The molecule has 0 bridgehead atoms. The molecule has 76 valence electrons. The minimum Gasteiger partial charge on any atom is -0.493 e. The van der Waals surface area contributed by atoms with E-state index >= 15 is 0 Å². The maximum Gasteiger partial charge on any atom is 0.307 e. The Kier molecular flexibility index (Phi) is 2.25. The van der Waals surface area contributed by atoms with Gasteiger partial charge in [-0.05, 0) is 23.1 Å². The summed E-state index contributed by atoms with van der Waals surface area (Å²) in [7, 11) is 0. The average Bonchev–Trinajstić information content (AvgIpc) is 2.19. The van der Waals surface area contributed by atoms with Crippen molar-refractivity contribution in [1.82, 2.24) is 4.98 Å². The van der Waals surface area contributed by atoms with Gasteiger partial charge in [0.2, 0.25) is 5.88 Å². The van der Waals surface area contributed by atoms with Gasteiger partial charge in [-0.1, -0.05) is 12.1 Å². The highest BCUT2D eigenvalue weighted by Crippen LogP contribution is 2.24. The van der Waals surface area contributed by atoms with Gasteiger partial charge in [0.1, 0.15) is 0 Å². The van der Waals surface area contributed by atoms with Crippen molar-refractivity contribution < 1.29 is 15.0 Å². The van der Waals surface area contributed by atoms with Crippen molar-refractivity contribution in [2.45, 2.75) is 6.42 Å². The number of hydrogen-bond donors (Lipinski definition) is 2. The van der Waals surface area contributed by atoms with E-state index in [9.17, 15) is 9.90 Å². The van der Waals surface area contributed by atoms with Crippen molar-refractivity contribution in [2.24, 2.45) is 0 Å². The molecule has 2 rings (SSSR count). The Morgan fingerprint density at radius 3 is 2.80 bits per heavy atom. The zero-order valence-corrected chi connectivity index (χ0v) is 7.84. The highest BCUT2D eigenvalue weighted by Gasteiger charge is 2.07. The quantitative estimate of drug-likeness (QED) is 0.777. The molecule has 0 spiro atoms. The van der Waals surface area contributed by atoms with Crippen molar-refractivity contribution in [1.29, 1.82) is 0 Å². The Balaban J connectivity index is 2.65. The molecule has 0 radical (unpaired) electrons. The van der Waals surface area contributed by atoms with E-state index in [0.717, 1.165) is 5.39 Å². The highest BCUT2D eigenvalue weighted by molar-refractivity contribution is 5.91. The average molecular weight is 203 g/mol. The second-order valence-electron chi connectivity index (χ2n) is 3.22. The third kappa shape index (κ3) is 1.74. The molecule has 0 aliphatic carbocycles. The summed E-state index contributed by atoms with van der Waals surface area (Å²) in [5.41, 5.74) is 0.678. The fourth-order valence-corrected chi connectivity index (χ4v) is 1.57. The number of benzene rings is 1. The van der Waals surface area contributed by atoms with Gasteiger partial charge < -0.3 is 10.2 Å². The normalized spacial score (nSPS) is 10.4. The van der Waals surface area contributed by atoms with Gasteiger partial charge in [-0.3, -0.25) is 4.79 Å². The maximum absolute atomic E-state index is 10.6. The molecule has 2 N–H and O–H groups in total. The number of pyridine rings is 1. The Morgan fingerprint density at radius 1 is 1.27 bits per heavy atom. The van der Waals surface area contributed by atoms with Crippen molar-refractivity contribution >= 4 is 16.7 Å². The van der Waals surface area contributed by atoms with E-state index in [1.807, 2.05) is 0 Å². The van der Waals surface area contributed by atoms with Gasteiger partial charge in [-0.25, -0.2) is 4.98 Å². The molecule has 1 aromatic carbocycles. The highest BCUT2D eigenvalue weighted by atomic mass is 16.4. The van der Waals surface area contributed by atoms with Crippen LogP contribution < -0.4 is 0 Å².